The molecule has 0 unspecified atom stereocenters. The van der Waals surface area contributed by atoms with E-state index in [0.717, 1.165) is 0 Å². The van der Waals surface area contributed by atoms with Crippen LogP contribution in [0.4, 0.5) is 0 Å². The Balaban J connectivity index is 0. The molecule has 0 aliphatic heterocycles. The molecule has 0 aromatic carbocycles. The minimum atomic E-state index is -4.11. The Kier molecular flexibility index (Phi) is 7.10. The van der Waals surface area contributed by atoms with Gasteiger partial charge >= 0.3 is 0 Å². The molecule has 0 spiro atoms. The van der Waals surface area contributed by atoms with E-state index >= 15 is 0 Å². The molecule has 0 aromatic heterocycles. The van der Waals surface area contributed by atoms with E-state index in [-0.39, 0.29) is 51.4 Å². The van der Waals surface area contributed by atoms with Gasteiger partial charge in [-0.1, -0.05) is 0 Å². The molecule has 7 heavy (non-hydrogen) atoms. The molecule has 0 fully saturated rings. The van der Waals surface area contributed by atoms with Crippen LogP contribution in [-0.4, -0.2) is 75.4 Å². The largest absolute Gasteiger partial charge is 0.378 e. The van der Waals surface area contributed by atoms with Crippen molar-refractivity contribution in [3.05, 3.63) is 0 Å². The first-order chi connectivity index (χ1) is 2.56. The van der Waals surface area contributed by atoms with E-state index in [1.165, 1.54) is 0 Å². The third-order valence-corrected chi connectivity index (χ3v) is 0.489. The van der Waals surface area contributed by atoms with Gasteiger partial charge in [-0.25, -0.2) is 0 Å². The predicted molar refractivity (Wildman–Crippen MR) is 24.4 cm³/mol. The van der Waals surface area contributed by atoms with E-state index < -0.39 is 16.1 Å². The second-order valence-corrected chi connectivity index (χ2v) is 2.13. The number of hydrogen-bond acceptors (Lipinski definition) is 3. The maximum absolute atomic E-state index is 9.31. The summed E-state index contributed by atoms with van der Waals surface area (Å²) in [6.45, 7) is 0. The zero-order valence-electron chi connectivity index (χ0n) is 3.83. The molecule has 0 aliphatic rings. The Morgan fingerprint density at radius 2 is 1.57 bits per heavy atom. The molecule has 39 valence electrons. The third-order valence-electron chi connectivity index (χ3n) is 0.163. The van der Waals surface area contributed by atoms with Gasteiger partial charge in [-0.15, -0.1) is 0 Å². The Morgan fingerprint density at radius 1 is 1.43 bits per heavy atom. The normalized spacial score (nSPS) is 10.0. The van der Waals surface area contributed by atoms with Crippen molar-refractivity contribution >= 4 is 61.5 Å². The Morgan fingerprint density at radius 3 is 1.57 bits per heavy atom. The van der Waals surface area contributed by atoms with Gasteiger partial charge < -0.3 is 5.11 Å². The van der Waals surface area contributed by atoms with Crippen LogP contribution in [0.15, 0.2) is 0 Å². The fraction of sp³-hybridized carbons (Fsp3) is 1.00. The van der Waals surface area contributed by atoms with Crippen LogP contribution in [0.25, 0.3) is 0 Å². The van der Waals surface area contributed by atoms with Gasteiger partial charge in [0.25, 0.3) is 10.1 Å². The molecular formula is CH4KO4S. The van der Waals surface area contributed by atoms with E-state index in [0.29, 0.717) is 0 Å². The molecule has 1 radical (unpaired) electrons. The molecule has 0 bridgehead atoms. The topological polar surface area (TPSA) is 74.6 Å². The van der Waals surface area contributed by atoms with Crippen LogP contribution in [0.5, 0.6) is 0 Å². The molecule has 2 N–H and O–H groups in total. The predicted octanol–water partition coefficient (Wildman–Crippen LogP) is -1.56. The molecule has 0 amide bonds. The van der Waals surface area contributed by atoms with Crippen molar-refractivity contribution < 1.29 is 18.1 Å². The first-order valence-electron chi connectivity index (χ1n) is 1.12. The van der Waals surface area contributed by atoms with E-state index in [9.17, 15) is 8.42 Å². The van der Waals surface area contributed by atoms with Gasteiger partial charge in [-0.2, -0.15) is 8.42 Å². The van der Waals surface area contributed by atoms with Crippen molar-refractivity contribution in [2.45, 2.75) is 0 Å². The van der Waals surface area contributed by atoms with E-state index in [1.54, 1.807) is 0 Å². The molecule has 4 nitrogen and oxygen atoms in total. The fourth-order valence-corrected chi connectivity index (χ4v) is 0. The summed E-state index contributed by atoms with van der Waals surface area (Å²) in [7, 11) is -4.11. The van der Waals surface area contributed by atoms with Crippen molar-refractivity contribution in [2.75, 3.05) is 5.94 Å². The van der Waals surface area contributed by atoms with Crippen LogP contribution in [0, 0.1) is 0 Å². The van der Waals surface area contributed by atoms with Crippen LogP contribution in [0.3, 0.4) is 0 Å². The quantitative estimate of drug-likeness (QED) is 0.351. The molecular weight excluding hydrogens is 147 g/mol. The van der Waals surface area contributed by atoms with Crippen LogP contribution >= 0.6 is 0 Å². The SMILES string of the molecule is O=S(=O)(O)CO.[K]. The molecule has 0 heterocycles. The minimum absolute atomic E-state index is 0. The molecule has 0 atom stereocenters. The third kappa shape index (κ3) is 11.2. The molecule has 0 saturated carbocycles. The summed E-state index contributed by atoms with van der Waals surface area (Å²) in [5.74, 6) is -1.20. The number of aliphatic hydroxyl groups is 1. The fourth-order valence-electron chi connectivity index (χ4n) is 0. The van der Waals surface area contributed by atoms with Crippen LogP contribution in [0.2, 0.25) is 0 Å². The summed E-state index contributed by atoms with van der Waals surface area (Å²) in [4.78, 5) is 0. The van der Waals surface area contributed by atoms with E-state index in [2.05, 4.69) is 0 Å². The summed E-state index contributed by atoms with van der Waals surface area (Å²) in [6.07, 6.45) is 0. The first kappa shape index (κ1) is 11.3. The van der Waals surface area contributed by atoms with Crippen molar-refractivity contribution in [2.24, 2.45) is 0 Å². The summed E-state index contributed by atoms with van der Waals surface area (Å²) in [6, 6.07) is 0. The van der Waals surface area contributed by atoms with Gasteiger partial charge in [-0.3, -0.25) is 4.55 Å². The zero-order chi connectivity index (χ0) is 5.21. The van der Waals surface area contributed by atoms with Crippen LogP contribution in [0.1, 0.15) is 0 Å². The van der Waals surface area contributed by atoms with Crippen LogP contribution in [-0.2, 0) is 10.1 Å². The smallest absolute Gasteiger partial charge is 0.289 e. The Hall–Kier alpha value is 1.51. The summed E-state index contributed by atoms with van der Waals surface area (Å²) < 4.78 is 26.2. The van der Waals surface area contributed by atoms with Crippen molar-refractivity contribution in [1.82, 2.24) is 0 Å². The maximum atomic E-state index is 9.31. The number of aliphatic hydroxyl groups excluding tert-OH is 1. The second kappa shape index (κ2) is 4.39. The molecule has 6 heteroatoms. The van der Waals surface area contributed by atoms with Gasteiger partial charge in [0, 0.05) is 51.4 Å². The molecule has 0 rings (SSSR count). The zero-order valence-corrected chi connectivity index (χ0v) is 7.77. The Labute approximate surface area is 84.1 Å². The van der Waals surface area contributed by atoms with Gasteiger partial charge in [0.15, 0.2) is 5.94 Å². The summed E-state index contributed by atoms with van der Waals surface area (Å²) >= 11 is 0. The van der Waals surface area contributed by atoms with Gasteiger partial charge in [0.1, 0.15) is 0 Å². The second-order valence-electron chi connectivity index (χ2n) is 0.711. The number of rotatable bonds is 1. The van der Waals surface area contributed by atoms with E-state index in [1.807, 2.05) is 0 Å². The van der Waals surface area contributed by atoms with Crippen molar-refractivity contribution in [1.29, 1.82) is 0 Å². The molecule has 0 saturated heterocycles. The van der Waals surface area contributed by atoms with Gasteiger partial charge in [-0.05, 0) is 0 Å². The maximum Gasteiger partial charge on any atom is 0.289 e. The molecule has 0 aromatic rings. The molecule has 0 aliphatic carbocycles. The van der Waals surface area contributed by atoms with Crippen molar-refractivity contribution in [3.8, 4) is 0 Å². The van der Waals surface area contributed by atoms with Gasteiger partial charge in [0.2, 0.25) is 0 Å². The Bertz CT molecular complexity index is 114. The van der Waals surface area contributed by atoms with E-state index in [4.69, 9.17) is 9.66 Å². The summed E-state index contributed by atoms with van der Waals surface area (Å²) in [5.41, 5.74) is 0. The standard InChI is InChI=1S/CH4O4S.K/c2-1-6(3,4)5;/h2H,1H2,(H,3,4,5);. The minimum Gasteiger partial charge on any atom is -0.378 e. The van der Waals surface area contributed by atoms with Crippen molar-refractivity contribution in [3.63, 3.8) is 0 Å². The average molecular weight is 151 g/mol. The van der Waals surface area contributed by atoms with Gasteiger partial charge in [0.05, 0.1) is 0 Å². The average Bonchev–Trinajstić information content (AvgIpc) is 1.35. The summed E-state index contributed by atoms with van der Waals surface area (Å²) in [5, 5.41) is 7.56. The number of hydrogen-bond donors (Lipinski definition) is 2. The van der Waals surface area contributed by atoms with Crippen LogP contribution < -0.4 is 0 Å². The first-order valence-corrected chi connectivity index (χ1v) is 2.73. The monoisotopic (exact) mass is 151 g/mol.